The molecule has 8 N–H and O–H groups in total. The Kier molecular flexibility index (Phi) is 11.8. The van der Waals surface area contributed by atoms with Gasteiger partial charge in [-0.15, -0.1) is 0 Å². The topological polar surface area (TPSA) is 205 Å². The van der Waals surface area contributed by atoms with E-state index in [9.17, 15) is 34.2 Å². The summed E-state index contributed by atoms with van der Waals surface area (Å²) in [5.74, 6) is -4.69. The van der Waals surface area contributed by atoms with Crippen LogP contribution in [0.1, 0.15) is 58.8 Å². The molecule has 1 aliphatic heterocycles. The van der Waals surface area contributed by atoms with Gasteiger partial charge in [-0.25, -0.2) is 4.79 Å². The van der Waals surface area contributed by atoms with Crippen LogP contribution in [-0.4, -0.2) is 82.0 Å². The standard InChI is InChI=1S/C21H37N5O7/c1-3-12(2)17(23)19(30)25-14(11-16(27)28)18(29)24-13(7-4-5-9-22)20(31)26-10-6-8-15(26)21(32)33/h12-15,17H,3-11,22-23H2,1-2H3,(H,24,29)(H,25,30)(H,27,28)(H,32,33). The largest absolute Gasteiger partial charge is 0.481 e. The number of aliphatic carboxylic acids is 2. The molecule has 12 nitrogen and oxygen atoms in total. The van der Waals surface area contributed by atoms with E-state index in [0.717, 1.165) is 0 Å². The summed E-state index contributed by atoms with van der Waals surface area (Å²) >= 11 is 0. The van der Waals surface area contributed by atoms with E-state index in [0.29, 0.717) is 38.6 Å². The van der Waals surface area contributed by atoms with Crippen LogP contribution in [0.25, 0.3) is 0 Å². The van der Waals surface area contributed by atoms with Crippen molar-refractivity contribution in [2.24, 2.45) is 17.4 Å². The number of unbranched alkanes of at least 4 members (excludes halogenated alkanes) is 1. The quantitative estimate of drug-likeness (QED) is 0.172. The van der Waals surface area contributed by atoms with E-state index in [4.69, 9.17) is 11.5 Å². The molecule has 0 aromatic heterocycles. The maximum Gasteiger partial charge on any atom is 0.326 e. The average Bonchev–Trinajstić information content (AvgIpc) is 3.26. The van der Waals surface area contributed by atoms with Gasteiger partial charge < -0.3 is 37.2 Å². The lowest BCUT2D eigenvalue weighted by atomic mass is 9.99. The van der Waals surface area contributed by atoms with Gasteiger partial charge in [0.15, 0.2) is 0 Å². The lowest BCUT2D eigenvalue weighted by Crippen LogP contribution is -2.58. The summed E-state index contributed by atoms with van der Waals surface area (Å²) in [7, 11) is 0. The summed E-state index contributed by atoms with van der Waals surface area (Å²) in [5.41, 5.74) is 11.4. The van der Waals surface area contributed by atoms with Crippen LogP contribution in [0.3, 0.4) is 0 Å². The highest BCUT2D eigenvalue weighted by atomic mass is 16.4. The average molecular weight is 472 g/mol. The number of carbonyl (C=O) groups is 5. The Hall–Kier alpha value is -2.73. The molecular formula is C21H37N5O7. The minimum Gasteiger partial charge on any atom is -0.481 e. The third kappa shape index (κ3) is 8.61. The molecule has 0 spiro atoms. The molecule has 0 aromatic carbocycles. The number of hydrogen-bond donors (Lipinski definition) is 6. The van der Waals surface area contributed by atoms with Gasteiger partial charge in [0, 0.05) is 6.54 Å². The van der Waals surface area contributed by atoms with Gasteiger partial charge in [-0.1, -0.05) is 20.3 Å². The number of nitrogens with two attached hydrogens (primary N) is 2. The van der Waals surface area contributed by atoms with Crippen LogP contribution in [0, 0.1) is 5.92 Å². The molecule has 0 aromatic rings. The second-order valence-corrected chi connectivity index (χ2v) is 8.44. The highest BCUT2D eigenvalue weighted by Gasteiger charge is 2.38. The van der Waals surface area contributed by atoms with Crippen LogP contribution >= 0.6 is 0 Å². The third-order valence-corrected chi connectivity index (χ3v) is 5.95. The minimum atomic E-state index is -1.44. The summed E-state index contributed by atoms with van der Waals surface area (Å²) < 4.78 is 0. The van der Waals surface area contributed by atoms with E-state index >= 15 is 0 Å². The number of carboxylic acids is 2. The van der Waals surface area contributed by atoms with Crippen molar-refractivity contribution in [3.8, 4) is 0 Å². The van der Waals surface area contributed by atoms with Crippen molar-refractivity contribution in [2.75, 3.05) is 13.1 Å². The zero-order valence-electron chi connectivity index (χ0n) is 19.3. The number of hydrogen-bond acceptors (Lipinski definition) is 7. The molecule has 5 atom stereocenters. The second kappa shape index (κ2) is 13.7. The Morgan fingerprint density at radius 1 is 1.06 bits per heavy atom. The van der Waals surface area contributed by atoms with Crippen LogP contribution in [0.15, 0.2) is 0 Å². The SMILES string of the molecule is CCC(C)C(N)C(=O)NC(CC(=O)O)C(=O)NC(CCCCN)C(=O)N1CCCC1C(=O)O. The first-order chi connectivity index (χ1) is 15.5. The summed E-state index contributed by atoms with van der Waals surface area (Å²) in [5, 5.41) is 23.5. The lowest BCUT2D eigenvalue weighted by molar-refractivity contribution is -0.149. The van der Waals surface area contributed by atoms with Crippen molar-refractivity contribution in [1.29, 1.82) is 0 Å². The summed E-state index contributed by atoms with van der Waals surface area (Å²) in [6.45, 7) is 4.23. The molecule has 33 heavy (non-hydrogen) atoms. The Balaban J connectivity index is 3.01. The predicted molar refractivity (Wildman–Crippen MR) is 119 cm³/mol. The molecule has 0 bridgehead atoms. The van der Waals surface area contributed by atoms with Gasteiger partial charge in [0.1, 0.15) is 18.1 Å². The van der Waals surface area contributed by atoms with Crippen molar-refractivity contribution in [1.82, 2.24) is 15.5 Å². The normalized spacial score (nSPS) is 19.3. The Bertz CT molecular complexity index is 717. The van der Waals surface area contributed by atoms with Gasteiger partial charge in [0.25, 0.3) is 0 Å². The zero-order valence-corrected chi connectivity index (χ0v) is 19.3. The van der Waals surface area contributed by atoms with E-state index in [2.05, 4.69) is 10.6 Å². The molecule has 3 amide bonds. The van der Waals surface area contributed by atoms with Gasteiger partial charge in [-0.2, -0.15) is 0 Å². The number of nitrogens with zero attached hydrogens (tertiary/aromatic N) is 1. The van der Waals surface area contributed by atoms with Crippen molar-refractivity contribution in [2.45, 2.75) is 83.0 Å². The number of likely N-dealkylation sites (tertiary alicyclic amines) is 1. The Morgan fingerprint density at radius 2 is 1.70 bits per heavy atom. The first-order valence-corrected chi connectivity index (χ1v) is 11.3. The number of nitrogens with one attached hydrogen (secondary N) is 2. The minimum absolute atomic E-state index is 0.188. The molecule has 0 radical (unpaired) electrons. The highest BCUT2D eigenvalue weighted by Crippen LogP contribution is 2.20. The number of amides is 3. The van der Waals surface area contributed by atoms with Gasteiger partial charge >= 0.3 is 11.9 Å². The van der Waals surface area contributed by atoms with Crippen LogP contribution in [0.5, 0.6) is 0 Å². The maximum absolute atomic E-state index is 13.1. The molecule has 1 saturated heterocycles. The Labute approximate surface area is 193 Å². The number of rotatable bonds is 14. The van der Waals surface area contributed by atoms with Crippen molar-refractivity contribution in [3.05, 3.63) is 0 Å². The van der Waals surface area contributed by atoms with Crippen LogP contribution < -0.4 is 22.1 Å². The molecule has 1 aliphatic rings. The van der Waals surface area contributed by atoms with Gasteiger partial charge in [0.2, 0.25) is 17.7 Å². The first-order valence-electron chi connectivity index (χ1n) is 11.3. The van der Waals surface area contributed by atoms with E-state index < -0.39 is 60.2 Å². The molecule has 1 heterocycles. The second-order valence-electron chi connectivity index (χ2n) is 8.44. The fourth-order valence-corrected chi connectivity index (χ4v) is 3.67. The smallest absolute Gasteiger partial charge is 0.326 e. The highest BCUT2D eigenvalue weighted by molar-refractivity contribution is 5.95. The van der Waals surface area contributed by atoms with Crippen LogP contribution in [-0.2, 0) is 24.0 Å². The summed E-state index contributed by atoms with van der Waals surface area (Å²) in [6, 6.07) is -4.42. The van der Waals surface area contributed by atoms with Gasteiger partial charge in [0.05, 0.1) is 12.5 Å². The molecule has 188 valence electrons. The fraction of sp³-hybridized carbons (Fsp3) is 0.762. The first kappa shape index (κ1) is 28.3. The van der Waals surface area contributed by atoms with Crippen molar-refractivity contribution in [3.63, 3.8) is 0 Å². The zero-order chi connectivity index (χ0) is 25.1. The molecule has 12 heteroatoms. The van der Waals surface area contributed by atoms with Crippen LogP contribution in [0.4, 0.5) is 0 Å². The maximum atomic E-state index is 13.1. The number of carboxylic acid groups (broad SMARTS) is 2. The number of carbonyl (C=O) groups excluding carboxylic acids is 3. The Morgan fingerprint density at radius 3 is 2.24 bits per heavy atom. The molecule has 0 aliphatic carbocycles. The molecule has 1 rings (SSSR count). The predicted octanol–water partition coefficient (Wildman–Crippen LogP) is -0.991. The summed E-state index contributed by atoms with van der Waals surface area (Å²) in [6.07, 6.45) is 2.03. The van der Waals surface area contributed by atoms with Crippen molar-refractivity contribution < 1.29 is 34.2 Å². The summed E-state index contributed by atoms with van der Waals surface area (Å²) in [4.78, 5) is 62.4. The van der Waals surface area contributed by atoms with Crippen molar-refractivity contribution >= 4 is 29.7 Å². The third-order valence-electron chi connectivity index (χ3n) is 5.95. The van der Waals surface area contributed by atoms with Gasteiger partial charge in [-0.3, -0.25) is 19.2 Å². The molecule has 5 unspecified atom stereocenters. The van der Waals surface area contributed by atoms with E-state index in [1.54, 1.807) is 6.92 Å². The van der Waals surface area contributed by atoms with E-state index in [-0.39, 0.29) is 18.9 Å². The van der Waals surface area contributed by atoms with E-state index in [1.165, 1.54) is 4.90 Å². The monoisotopic (exact) mass is 471 g/mol. The fourth-order valence-electron chi connectivity index (χ4n) is 3.67. The lowest BCUT2D eigenvalue weighted by Gasteiger charge is -2.29. The molecular weight excluding hydrogens is 434 g/mol. The van der Waals surface area contributed by atoms with E-state index in [1.807, 2.05) is 6.92 Å². The molecule has 1 fully saturated rings. The molecule has 0 saturated carbocycles. The van der Waals surface area contributed by atoms with Crippen LogP contribution in [0.2, 0.25) is 0 Å². The van der Waals surface area contributed by atoms with Gasteiger partial charge in [-0.05, 0) is 44.6 Å².